The highest BCUT2D eigenvalue weighted by atomic mass is 79.9. The number of amides is 1. The van der Waals surface area contributed by atoms with Crippen LogP contribution in [0.5, 0.6) is 0 Å². The second kappa shape index (κ2) is 6.10. The molecule has 0 aromatic carbocycles. The average molecular weight is 424 g/mol. The molecule has 0 aliphatic rings. The zero-order chi connectivity index (χ0) is 15.0. The Morgan fingerprint density at radius 2 is 2.19 bits per heavy atom. The third kappa shape index (κ3) is 3.32. The molecule has 0 bridgehead atoms. The fraction of sp³-hybridized carbons (Fsp3) is 0. The zero-order valence-corrected chi connectivity index (χ0v) is 14.8. The van der Waals surface area contributed by atoms with Crippen molar-refractivity contribution in [2.75, 3.05) is 5.32 Å². The number of nitrogens with zero attached hydrogens (tertiary/aromatic N) is 1. The third-order valence-electron chi connectivity index (χ3n) is 2.45. The topological polar surface area (TPSA) is 55.1 Å². The summed E-state index contributed by atoms with van der Waals surface area (Å²) in [7, 11) is 0. The molecule has 1 N–H and O–H groups in total. The van der Waals surface area contributed by atoms with Crippen molar-refractivity contribution in [1.82, 2.24) is 4.98 Å². The maximum absolute atomic E-state index is 11.9. The van der Waals surface area contributed by atoms with Crippen LogP contribution in [0.25, 0.3) is 11.3 Å². The molecule has 0 spiro atoms. The highest BCUT2D eigenvalue weighted by molar-refractivity contribution is 9.10. The van der Waals surface area contributed by atoms with Crippen molar-refractivity contribution in [3.8, 4) is 11.3 Å². The van der Waals surface area contributed by atoms with Gasteiger partial charge in [0.25, 0.3) is 5.91 Å². The Labute approximate surface area is 145 Å². The predicted molar refractivity (Wildman–Crippen MR) is 89.8 cm³/mol. The quantitative estimate of drug-likeness (QED) is 0.580. The molecule has 3 aromatic rings. The van der Waals surface area contributed by atoms with Gasteiger partial charge in [0.15, 0.2) is 15.6 Å². The fourth-order valence-electron chi connectivity index (χ4n) is 1.56. The van der Waals surface area contributed by atoms with Crippen LogP contribution in [0.3, 0.4) is 0 Å². The molecule has 3 heterocycles. The van der Waals surface area contributed by atoms with Gasteiger partial charge >= 0.3 is 0 Å². The lowest BCUT2D eigenvalue weighted by Crippen LogP contribution is -2.10. The lowest BCUT2D eigenvalue weighted by Gasteiger charge is -1.97. The van der Waals surface area contributed by atoms with E-state index in [9.17, 15) is 4.79 Å². The number of thiophene rings is 1. The standard InChI is InChI=1S/C12H5BrCl2N2O2S2/c13-8-2-1-7(19-8)11(18)17-12-16-6(4-20-12)5-3-9(14)21-10(5)15/h1-4H,(H,16,17,18). The van der Waals surface area contributed by atoms with E-state index in [1.807, 2.05) is 0 Å². The number of anilines is 1. The molecule has 3 rings (SSSR count). The SMILES string of the molecule is O=C(Nc1nc(-c2cc(Cl)sc2Cl)cs1)c1ccc(Br)o1. The van der Waals surface area contributed by atoms with Gasteiger partial charge in [0.1, 0.15) is 4.34 Å². The number of rotatable bonds is 3. The van der Waals surface area contributed by atoms with Crippen LogP contribution < -0.4 is 5.32 Å². The zero-order valence-electron chi connectivity index (χ0n) is 10.0. The Bertz CT molecular complexity index is 812. The van der Waals surface area contributed by atoms with Crippen LogP contribution in [0.2, 0.25) is 8.67 Å². The Morgan fingerprint density at radius 1 is 1.38 bits per heavy atom. The highest BCUT2D eigenvalue weighted by Gasteiger charge is 2.15. The summed E-state index contributed by atoms with van der Waals surface area (Å²) in [6.07, 6.45) is 0. The molecule has 0 aliphatic heterocycles. The van der Waals surface area contributed by atoms with Crippen molar-refractivity contribution in [2.45, 2.75) is 0 Å². The summed E-state index contributed by atoms with van der Waals surface area (Å²) in [5.74, 6) is -0.161. The summed E-state index contributed by atoms with van der Waals surface area (Å²) < 4.78 is 6.83. The summed E-state index contributed by atoms with van der Waals surface area (Å²) in [6, 6.07) is 4.97. The van der Waals surface area contributed by atoms with Gasteiger partial charge in [-0.05, 0) is 34.1 Å². The minimum absolute atomic E-state index is 0.204. The Morgan fingerprint density at radius 3 is 2.81 bits per heavy atom. The van der Waals surface area contributed by atoms with Crippen molar-refractivity contribution in [2.24, 2.45) is 0 Å². The van der Waals surface area contributed by atoms with Crippen molar-refractivity contribution in [3.63, 3.8) is 0 Å². The smallest absolute Gasteiger partial charge is 0.293 e. The number of carbonyl (C=O) groups excluding carboxylic acids is 1. The molecule has 0 unspecified atom stereocenters. The van der Waals surface area contributed by atoms with E-state index in [1.54, 1.807) is 23.6 Å². The first-order valence-electron chi connectivity index (χ1n) is 5.50. The monoisotopic (exact) mass is 422 g/mol. The summed E-state index contributed by atoms with van der Waals surface area (Å²) in [5, 5.41) is 4.93. The second-order valence-corrected chi connectivity index (χ2v) is 7.76. The number of hydrogen-bond donors (Lipinski definition) is 1. The number of thiazole rings is 1. The van der Waals surface area contributed by atoms with Gasteiger partial charge in [0.05, 0.1) is 10.0 Å². The number of carbonyl (C=O) groups is 1. The largest absolute Gasteiger partial charge is 0.444 e. The molecule has 0 fully saturated rings. The number of furan rings is 1. The van der Waals surface area contributed by atoms with E-state index in [0.29, 0.717) is 24.2 Å². The molecular weight excluding hydrogens is 419 g/mol. The molecule has 0 atom stereocenters. The molecular formula is C12H5BrCl2N2O2S2. The van der Waals surface area contributed by atoms with Gasteiger partial charge in [-0.1, -0.05) is 23.2 Å². The van der Waals surface area contributed by atoms with Gasteiger partial charge in [-0.3, -0.25) is 10.1 Å². The molecule has 0 aliphatic carbocycles. The Hall–Kier alpha value is -0.860. The molecule has 9 heteroatoms. The van der Waals surface area contributed by atoms with Crippen molar-refractivity contribution < 1.29 is 9.21 Å². The number of hydrogen-bond acceptors (Lipinski definition) is 5. The number of nitrogens with one attached hydrogen (secondary N) is 1. The van der Waals surface area contributed by atoms with Crippen LogP contribution in [0.15, 0.2) is 32.7 Å². The molecule has 21 heavy (non-hydrogen) atoms. The summed E-state index contributed by atoms with van der Waals surface area (Å²) in [4.78, 5) is 16.3. The predicted octanol–water partition coefficient (Wildman–Crippen LogP) is 5.79. The first-order chi connectivity index (χ1) is 10.0. The molecule has 108 valence electrons. The van der Waals surface area contributed by atoms with Gasteiger partial charge in [-0.2, -0.15) is 0 Å². The minimum Gasteiger partial charge on any atom is -0.444 e. The van der Waals surface area contributed by atoms with Gasteiger partial charge in [0.2, 0.25) is 0 Å². The third-order valence-corrected chi connectivity index (χ3v) is 5.13. The van der Waals surface area contributed by atoms with Crippen molar-refractivity contribution in [3.05, 3.63) is 42.7 Å². The summed E-state index contributed by atoms with van der Waals surface area (Å²) in [5.41, 5.74) is 1.42. The maximum Gasteiger partial charge on any atom is 0.293 e. The van der Waals surface area contributed by atoms with E-state index in [0.717, 1.165) is 5.56 Å². The van der Waals surface area contributed by atoms with E-state index in [2.05, 4.69) is 26.2 Å². The molecule has 0 saturated heterocycles. The maximum atomic E-state index is 11.9. The van der Waals surface area contributed by atoms with Crippen LogP contribution in [0.4, 0.5) is 5.13 Å². The fourth-order valence-corrected chi connectivity index (χ4v) is 4.06. The summed E-state index contributed by atoms with van der Waals surface area (Å²) >= 11 is 17.7. The van der Waals surface area contributed by atoms with Gasteiger partial charge in [-0.25, -0.2) is 4.98 Å². The van der Waals surface area contributed by atoms with E-state index in [1.165, 1.54) is 22.7 Å². The normalized spacial score (nSPS) is 10.8. The van der Waals surface area contributed by atoms with E-state index in [4.69, 9.17) is 27.6 Å². The molecule has 3 aromatic heterocycles. The molecule has 0 saturated carbocycles. The average Bonchev–Trinajstić information content (AvgIpc) is 3.10. The lowest BCUT2D eigenvalue weighted by molar-refractivity contribution is 0.0995. The molecule has 1 amide bonds. The van der Waals surface area contributed by atoms with Crippen molar-refractivity contribution >= 4 is 72.8 Å². The van der Waals surface area contributed by atoms with Gasteiger partial charge in [-0.15, -0.1) is 22.7 Å². The number of halogens is 3. The van der Waals surface area contributed by atoms with E-state index >= 15 is 0 Å². The minimum atomic E-state index is -0.365. The van der Waals surface area contributed by atoms with Gasteiger partial charge in [0, 0.05) is 10.9 Å². The van der Waals surface area contributed by atoms with Crippen LogP contribution in [-0.4, -0.2) is 10.9 Å². The van der Waals surface area contributed by atoms with E-state index < -0.39 is 0 Å². The highest BCUT2D eigenvalue weighted by Crippen LogP contribution is 2.39. The van der Waals surface area contributed by atoms with Gasteiger partial charge < -0.3 is 4.42 Å². The van der Waals surface area contributed by atoms with E-state index in [-0.39, 0.29) is 11.7 Å². The van der Waals surface area contributed by atoms with Crippen molar-refractivity contribution in [1.29, 1.82) is 0 Å². The number of aromatic nitrogens is 1. The Balaban J connectivity index is 1.79. The second-order valence-electron chi connectivity index (χ2n) is 3.83. The van der Waals surface area contributed by atoms with Crippen LogP contribution >= 0.6 is 61.8 Å². The molecule has 0 radical (unpaired) electrons. The lowest BCUT2D eigenvalue weighted by atomic mass is 10.3. The first-order valence-corrected chi connectivity index (χ1v) is 8.75. The first kappa shape index (κ1) is 15.1. The van der Waals surface area contributed by atoms with Crippen LogP contribution in [0.1, 0.15) is 10.6 Å². The Kier molecular flexibility index (Phi) is 4.37. The van der Waals surface area contributed by atoms with Crippen LogP contribution in [0, 0.1) is 0 Å². The summed E-state index contributed by atoms with van der Waals surface area (Å²) in [6.45, 7) is 0. The molecule has 4 nitrogen and oxygen atoms in total. The van der Waals surface area contributed by atoms with Crippen LogP contribution in [-0.2, 0) is 0 Å².